The maximum Gasteiger partial charge on any atom is 0.245 e. The Hall–Kier alpha value is -1.76. The van der Waals surface area contributed by atoms with Crippen molar-refractivity contribution < 1.29 is 9.63 Å². The Labute approximate surface area is 142 Å². The van der Waals surface area contributed by atoms with E-state index in [1.165, 1.54) is 18.4 Å². The van der Waals surface area contributed by atoms with Crippen molar-refractivity contribution in [1.29, 1.82) is 0 Å². The molecule has 2 aromatic rings. The Bertz CT molecular complexity index is 681. The third kappa shape index (κ3) is 3.36. The molecule has 6 heteroatoms. The van der Waals surface area contributed by atoms with E-state index in [1.54, 1.807) is 0 Å². The van der Waals surface area contributed by atoms with E-state index < -0.39 is 0 Å². The molecule has 1 aromatic heterocycles. The van der Waals surface area contributed by atoms with E-state index >= 15 is 0 Å². The first kappa shape index (κ1) is 15.7. The Morgan fingerprint density at radius 3 is 2.62 bits per heavy atom. The van der Waals surface area contributed by atoms with Gasteiger partial charge in [-0.1, -0.05) is 29.4 Å². The summed E-state index contributed by atoms with van der Waals surface area (Å²) in [6.07, 6.45) is 2.38. The minimum Gasteiger partial charge on any atom is -0.392 e. The van der Waals surface area contributed by atoms with E-state index in [-0.39, 0.29) is 12.6 Å². The van der Waals surface area contributed by atoms with Gasteiger partial charge in [-0.15, -0.1) is 0 Å². The van der Waals surface area contributed by atoms with Gasteiger partial charge in [0.1, 0.15) is 6.04 Å². The number of piperazine rings is 1. The van der Waals surface area contributed by atoms with Crippen molar-refractivity contribution in [3.05, 3.63) is 47.1 Å². The van der Waals surface area contributed by atoms with Crippen LogP contribution in [-0.2, 0) is 13.2 Å². The summed E-state index contributed by atoms with van der Waals surface area (Å²) in [5.41, 5.74) is 2.22. The lowest BCUT2D eigenvalue weighted by molar-refractivity contribution is 0.0714. The highest BCUT2D eigenvalue weighted by molar-refractivity contribution is 5.22. The van der Waals surface area contributed by atoms with Crippen molar-refractivity contribution in [2.24, 2.45) is 0 Å². The van der Waals surface area contributed by atoms with Crippen LogP contribution in [0.1, 0.15) is 47.6 Å². The molecule has 0 spiro atoms. The molecule has 1 aliphatic carbocycles. The third-order valence-corrected chi connectivity index (χ3v) is 5.03. The summed E-state index contributed by atoms with van der Waals surface area (Å²) in [5, 5.41) is 13.3. The van der Waals surface area contributed by atoms with Gasteiger partial charge in [-0.2, -0.15) is 4.98 Å². The molecule has 1 saturated heterocycles. The van der Waals surface area contributed by atoms with Crippen molar-refractivity contribution in [2.45, 2.75) is 38.0 Å². The van der Waals surface area contributed by atoms with Crippen LogP contribution in [0.25, 0.3) is 0 Å². The predicted molar refractivity (Wildman–Crippen MR) is 89.3 cm³/mol. The molecule has 0 unspecified atom stereocenters. The van der Waals surface area contributed by atoms with Gasteiger partial charge in [0.15, 0.2) is 5.82 Å². The lowest BCUT2D eigenvalue weighted by Gasteiger charge is -2.37. The number of rotatable bonds is 5. The number of likely N-dealkylation sites (N-methyl/N-ethyl adjacent to an activating group) is 1. The molecule has 4 rings (SSSR count). The van der Waals surface area contributed by atoms with Gasteiger partial charge < -0.3 is 9.63 Å². The molecule has 2 aliphatic rings. The molecule has 24 heavy (non-hydrogen) atoms. The van der Waals surface area contributed by atoms with Crippen LogP contribution in [0.3, 0.4) is 0 Å². The van der Waals surface area contributed by atoms with Crippen molar-refractivity contribution in [3.8, 4) is 0 Å². The maximum atomic E-state index is 9.15. The molecule has 1 atom stereocenters. The fraction of sp³-hybridized carbons (Fsp3) is 0.556. The van der Waals surface area contributed by atoms with E-state index in [4.69, 9.17) is 9.63 Å². The van der Waals surface area contributed by atoms with Crippen LogP contribution in [0, 0.1) is 0 Å². The van der Waals surface area contributed by atoms with Gasteiger partial charge in [-0.05, 0) is 31.0 Å². The number of aromatic nitrogens is 2. The average molecular weight is 328 g/mol. The first-order chi connectivity index (χ1) is 11.7. The summed E-state index contributed by atoms with van der Waals surface area (Å²) < 4.78 is 5.55. The molecule has 0 bridgehead atoms. The molecule has 2 fully saturated rings. The van der Waals surface area contributed by atoms with Gasteiger partial charge >= 0.3 is 0 Å². The van der Waals surface area contributed by atoms with Crippen molar-refractivity contribution in [3.63, 3.8) is 0 Å². The highest BCUT2D eigenvalue weighted by atomic mass is 16.5. The quantitative estimate of drug-likeness (QED) is 0.905. The molecule has 0 amide bonds. The lowest BCUT2D eigenvalue weighted by atomic mass is 10.1. The first-order valence-corrected chi connectivity index (χ1v) is 8.67. The standard InChI is InChI=1S/C18H24N4O2/c1-21-8-9-22(10-13-2-4-14(12-23)5-3-13)11-16(21)18-19-17(20-24-18)15-6-7-15/h2-5,15-16,23H,6-12H2,1H3/t16-/m0/s1. The summed E-state index contributed by atoms with van der Waals surface area (Å²) in [5.74, 6) is 2.16. The maximum absolute atomic E-state index is 9.15. The van der Waals surface area contributed by atoms with Crippen LogP contribution in [0.15, 0.2) is 28.8 Å². The van der Waals surface area contributed by atoms with Crippen molar-refractivity contribution in [2.75, 3.05) is 26.7 Å². The molecular weight excluding hydrogens is 304 g/mol. The Morgan fingerprint density at radius 2 is 1.92 bits per heavy atom. The predicted octanol–water partition coefficient (Wildman–Crippen LogP) is 1.93. The molecular formula is C18H24N4O2. The molecule has 6 nitrogen and oxygen atoms in total. The van der Waals surface area contributed by atoms with Gasteiger partial charge in [0.2, 0.25) is 5.89 Å². The molecule has 0 radical (unpaired) electrons. The highest BCUT2D eigenvalue weighted by Crippen LogP contribution is 2.38. The number of aliphatic hydroxyl groups is 1. The Morgan fingerprint density at radius 1 is 1.17 bits per heavy atom. The second-order valence-electron chi connectivity index (χ2n) is 6.97. The first-order valence-electron chi connectivity index (χ1n) is 8.67. The molecule has 128 valence electrons. The lowest BCUT2D eigenvalue weighted by Crippen LogP contribution is -2.46. The average Bonchev–Trinajstić information content (AvgIpc) is 3.35. The summed E-state index contributed by atoms with van der Waals surface area (Å²) in [7, 11) is 2.12. The second-order valence-corrected chi connectivity index (χ2v) is 6.97. The molecule has 1 aromatic carbocycles. The van der Waals surface area contributed by atoms with E-state index in [9.17, 15) is 0 Å². The van der Waals surface area contributed by atoms with Gasteiger partial charge in [0, 0.05) is 32.1 Å². The van der Waals surface area contributed by atoms with Crippen LogP contribution >= 0.6 is 0 Å². The summed E-state index contributed by atoms with van der Waals surface area (Å²) in [6, 6.07) is 8.33. The normalized spacial score (nSPS) is 22.8. The molecule has 1 aliphatic heterocycles. The number of hydrogen-bond acceptors (Lipinski definition) is 6. The fourth-order valence-corrected chi connectivity index (χ4v) is 3.24. The molecule has 1 N–H and O–H groups in total. The number of nitrogens with zero attached hydrogens (tertiary/aromatic N) is 4. The van der Waals surface area contributed by atoms with Crippen LogP contribution in [-0.4, -0.2) is 51.7 Å². The highest BCUT2D eigenvalue weighted by Gasteiger charge is 2.33. The number of hydrogen-bond donors (Lipinski definition) is 1. The van der Waals surface area contributed by atoms with Crippen LogP contribution < -0.4 is 0 Å². The zero-order valence-electron chi connectivity index (χ0n) is 14.1. The minimum absolute atomic E-state index is 0.0946. The summed E-state index contributed by atoms with van der Waals surface area (Å²) >= 11 is 0. The van der Waals surface area contributed by atoms with E-state index in [0.29, 0.717) is 5.92 Å². The Balaban J connectivity index is 1.43. The minimum atomic E-state index is 0.0946. The van der Waals surface area contributed by atoms with E-state index in [0.717, 1.165) is 43.5 Å². The monoisotopic (exact) mass is 328 g/mol. The zero-order valence-corrected chi connectivity index (χ0v) is 14.1. The SMILES string of the molecule is CN1CCN(Cc2ccc(CO)cc2)C[C@H]1c1nc(C2CC2)no1. The van der Waals surface area contributed by atoms with E-state index in [2.05, 4.69) is 39.1 Å². The van der Waals surface area contributed by atoms with Gasteiger partial charge in [-0.3, -0.25) is 9.80 Å². The van der Waals surface area contributed by atoms with Crippen molar-refractivity contribution in [1.82, 2.24) is 19.9 Å². The van der Waals surface area contributed by atoms with Crippen molar-refractivity contribution >= 4 is 0 Å². The van der Waals surface area contributed by atoms with Crippen LogP contribution in [0.5, 0.6) is 0 Å². The Kier molecular flexibility index (Phi) is 4.35. The van der Waals surface area contributed by atoms with Crippen LogP contribution in [0.4, 0.5) is 0 Å². The summed E-state index contributed by atoms with van der Waals surface area (Å²) in [6.45, 7) is 3.90. The number of benzene rings is 1. The third-order valence-electron chi connectivity index (χ3n) is 5.03. The topological polar surface area (TPSA) is 65.6 Å². The molecule has 2 heterocycles. The smallest absolute Gasteiger partial charge is 0.245 e. The number of aliphatic hydroxyl groups excluding tert-OH is 1. The molecule has 1 saturated carbocycles. The van der Waals surface area contributed by atoms with E-state index in [1.807, 2.05) is 12.1 Å². The fourth-order valence-electron chi connectivity index (χ4n) is 3.24. The van der Waals surface area contributed by atoms with Gasteiger partial charge in [0.05, 0.1) is 6.61 Å². The zero-order chi connectivity index (χ0) is 16.5. The van der Waals surface area contributed by atoms with Gasteiger partial charge in [0.25, 0.3) is 0 Å². The largest absolute Gasteiger partial charge is 0.392 e. The second kappa shape index (κ2) is 6.63. The summed E-state index contributed by atoms with van der Waals surface area (Å²) in [4.78, 5) is 9.37. The van der Waals surface area contributed by atoms with Crippen LogP contribution in [0.2, 0.25) is 0 Å². The van der Waals surface area contributed by atoms with Gasteiger partial charge in [-0.25, -0.2) is 0 Å².